The molecule has 19 heavy (non-hydrogen) atoms. The van der Waals surface area contributed by atoms with Crippen LogP contribution in [0.2, 0.25) is 0 Å². The molecule has 1 aromatic rings. The third-order valence-corrected chi connectivity index (χ3v) is 2.50. The van der Waals surface area contributed by atoms with E-state index in [-0.39, 0.29) is 18.7 Å². The van der Waals surface area contributed by atoms with Gasteiger partial charge in [0.1, 0.15) is 11.6 Å². The molecule has 0 spiro atoms. The Kier molecular flexibility index (Phi) is 4.86. The van der Waals surface area contributed by atoms with Gasteiger partial charge in [-0.25, -0.2) is 4.98 Å². The van der Waals surface area contributed by atoms with Crippen LogP contribution in [0.15, 0.2) is 18.3 Å². The Morgan fingerprint density at radius 1 is 1.42 bits per heavy atom. The van der Waals surface area contributed by atoms with Crippen molar-refractivity contribution in [3.05, 3.63) is 18.3 Å². The quantitative estimate of drug-likeness (QED) is 0.821. The van der Waals surface area contributed by atoms with E-state index in [1.807, 2.05) is 0 Å². The molecule has 1 aromatic heterocycles. The number of carboxylic acids is 1. The minimum Gasteiger partial charge on any atom is -0.497 e. The van der Waals surface area contributed by atoms with E-state index >= 15 is 0 Å². The standard InChI is InChI=1S/C13H18N2O4/c1-13(2,8-12(17)18)7-11(16)15-10-6-9(19-3)4-5-14-10/h4-6H,7-8H2,1-3H3,(H,17,18)(H,14,15,16). The average Bonchev–Trinajstić information content (AvgIpc) is 2.26. The second kappa shape index (κ2) is 6.17. The zero-order valence-electron chi connectivity index (χ0n) is 11.3. The number of nitrogens with one attached hydrogen (secondary N) is 1. The number of hydrogen-bond acceptors (Lipinski definition) is 4. The molecule has 0 bridgehead atoms. The summed E-state index contributed by atoms with van der Waals surface area (Å²) in [4.78, 5) is 26.5. The molecular weight excluding hydrogens is 248 g/mol. The minimum atomic E-state index is -0.919. The van der Waals surface area contributed by atoms with E-state index in [0.717, 1.165) is 0 Å². The first-order valence-corrected chi connectivity index (χ1v) is 5.84. The summed E-state index contributed by atoms with van der Waals surface area (Å²) in [7, 11) is 1.52. The number of rotatable bonds is 6. The van der Waals surface area contributed by atoms with E-state index in [1.54, 1.807) is 26.0 Å². The lowest BCUT2D eigenvalue weighted by molar-refractivity contribution is -0.139. The number of hydrogen-bond donors (Lipinski definition) is 2. The van der Waals surface area contributed by atoms with Crippen molar-refractivity contribution in [3.63, 3.8) is 0 Å². The molecule has 0 saturated heterocycles. The molecule has 0 aromatic carbocycles. The summed E-state index contributed by atoms with van der Waals surface area (Å²) in [6.45, 7) is 3.47. The lowest BCUT2D eigenvalue weighted by atomic mass is 9.85. The van der Waals surface area contributed by atoms with Gasteiger partial charge in [-0.2, -0.15) is 0 Å². The third kappa shape index (κ3) is 5.37. The van der Waals surface area contributed by atoms with Crippen molar-refractivity contribution in [1.82, 2.24) is 4.98 Å². The fourth-order valence-corrected chi connectivity index (χ4v) is 1.70. The van der Waals surface area contributed by atoms with Crippen LogP contribution in [0.3, 0.4) is 0 Å². The number of carbonyl (C=O) groups excluding carboxylic acids is 1. The fourth-order valence-electron chi connectivity index (χ4n) is 1.70. The average molecular weight is 266 g/mol. The Hall–Kier alpha value is -2.11. The smallest absolute Gasteiger partial charge is 0.303 e. The molecule has 2 N–H and O–H groups in total. The van der Waals surface area contributed by atoms with Gasteiger partial charge in [0, 0.05) is 18.7 Å². The first kappa shape index (κ1) is 14.9. The second-order valence-corrected chi connectivity index (χ2v) is 5.04. The predicted octanol–water partition coefficient (Wildman–Crippen LogP) is 1.92. The van der Waals surface area contributed by atoms with Gasteiger partial charge in [0.05, 0.1) is 13.5 Å². The molecule has 0 unspecified atom stereocenters. The molecule has 6 heteroatoms. The maximum Gasteiger partial charge on any atom is 0.303 e. The molecule has 0 atom stereocenters. The van der Waals surface area contributed by atoms with Crippen molar-refractivity contribution in [2.45, 2.75) is 26.7 Å². The molecule has 1 rings (SSSR count). The summed E-state index contributed by atoms with van der Waals surface area (Å²) in [5.74, 6) is -0.213. The molecule has 1 amide bonds. The van der Waals surface area contributed by atoms with Crippen LogP contribution in [0.25, 0.3) is 0 Å². The number of amides is 1. The molecule has 0 aliphatic carbocycles. The SMILES string of the molecule is COc1ccnc(NC(=O)CC(C)(C)CC(=O)O)c1. The predicted molar refractivity (Wildman–Crippen MR) is 70.1 cm³/mol. The van der Waals surface area contributed by atoms with Crippen molar-refractivity contribution in [2.24, 2.45) is 5.41 Å². The molecule has 0 radical (unpaired) electrons. The van der Waals surface area contributed by atoms with Crippen LogP contribution in [0.4, 0.5) is 5.82 Å². The fraction of sp³-hybridized carbons (Fsp3) is 0.462. The molecular formula is C13H18N2O4. The van der Waals surface area contributed by atoms with Gasteiger partial charge in [-0.1, -0.05) is 13.8 Å². The van der Waals surface area contributed by atoms with E-state index in [2.05, 4.69) is 10.3 Å². The van der Waals surface area contributed by atoms with E-state index in [1.165, 1.54) is 13.3 Å². The van der Waals surface area contributed by atoms with Crippen molar-refractivity contribution in [3.8, 4) is 5.75 Å². The number of carboxylic acid groups (broad SMARTS) is 1. The topological polar surface area (TPSA) is 88.5 Å². The van der Waals surface area contributed by atoms with Crippen molar-refractivity contribution >= 4 is 17.7 Å². The van der Waals surface area contributed by atoms with Gasteiger partial charge in [-0.15, -0.1) is 0 Å². The maximum atomic E-state index is 11.8. The molecule has 6 nitrogen and oxygen atoms in total. The Morgan fingerprint density at radius 3 is 2.68 bits per heavy atom. The highest BCUT2D eigenvalue weighted by Gasteiger charge is 2.25. The molecule has 104 valence electrons. The molecule has 0 fully saturated rings. The molecule has 1 heterocycles. The minimum absolute atomic E-state index is 0.0635. The van der Waals surface area contributed by atoms with Crippen LogP contribution in [-0.4, -0.2) is 29.1 Å². The van der Waals surface area contributed by atoms with Crippen molar-refractivity contribution < 1.29 is 19.4 Å². The van der Waals surface area contributed by atoms with Crippen molar-refractivity contribution in [1.29, 1.82) is 0 Å². The highest BCUT2D eigenvalue weighted by molar-refractivity contribution is 5.90. The number of aromatic nitrogens is 1. The zero-order valence-corrected chi connectivity index (χ0v) is 11.3. The van der Waals surface area contributed by atoms with E-state index in [4.69, 9.17) is 9.84 Å². The van der Waals surface area contributed by atoms with E-state index < -0.39 is 11.4 Å². The number of aliphatic carboxylic acids is 1. The summed E-state index contributed by atoms with van der Waals surface area (Å²) in [5, 5.41) is 11.4. The largest absolute Gasteiger partial charge is 0.497 e. The Balaban J connectivity index is 2.62. The number of ether oxygens (including phenoxy) is 1. The van der Waals surface area contributed by atoms with Gasteiger partial charge >= 0.3 is 5.97 Å². The molecule has 0 aliphatic heterocycles. The maximum absolute atomic E-state index is 11.8. The lowest BCUT2D eigenvalue weighted by Gasteiger charge is -2.21. The molecule has 0 saturated carbocycles. The van der Waals surface area contributed by atoms with Gasteiger partial charge in [0.25, 0.3) is 0 Å². The van der Waals surface area contributed by atoms with Crippen LogP contribution in [0.5, 0.6) is 5.75 Å². The normalized spacial score (nSPS) is 10.9. The third-order valence-electron chi connectivity index (χ3n) is 2.50. The number of methoxy groups -OCH3 is 1. The summed E-state index contributed by atoms with van der Waals surface area (Å²) in [6, 6.07) is 3.27. The van der Waals surface area contributed by atoms with Crippen LogP contribution >= 0.6 is 0 Å². The Morgan fingerprint density at radius 2 is 2.11 bits per heavy atom. The van der Waals surface area contributed by atoms with Gasteiger partial charge in [0.15, 0.2) is 0 Å². The summed E-state index contributed by atoms with van der Waals surface area (Å²) < 4.78 is 5.02. The highest BCUT2D eigenvalue weighted by Crippen LogP contribution is 2.25. The Bertz CT molecular complexity index is 471. The monoisotopic (exact) mass is 266 g/mol. The van der Waals surface area contributed by atoms with Crippen LogP contribution in [0, 0.1) is 5.41 Å². The highest BCUT2D eigenvalue weighted by atomic mass is 16.5. The van der Waals surface area contributed by atoms with Crippen LogP contribution in [-0.2, 0) is 9.59 Å². The zero-order chi connectivity index (χ0) is 14.5. The van der Waals surface area contributed by atoms with Gasteiger partial charge in [-0.3, -0.25) is 9.59 Å². The van der Waals surface area contributed by atoms with Gasteiger partial charge in [0.2, 0.25) is 5.91 Å². The van der Waals surface area contributed by atoms with E-state index in [9.17, 15) is 9.59 Å². The first-order valence-electron chi connectivity index (χ1n) is 5.84. The van der Waals surface area contributed by atoms with Crippen LogP contribution < -0.4 is 10.1 Å². The van der Waals surface area contributed by atoms with Gasteiger partial charge in [-0.05, 0) is 11.5 Å². The number of carbonyl (C=O) groups is 2. The number of anilines is 1. The number of pyridine rings is 1. The summed E-state index contributed by atoms with van der Waals surface area (Å²) in [5.41, 5.74) is -0.602. The lowest BCUT2D eigenvalue weighted by Crippen LogP contribution is -2.25. The summed E-state index contributed by atoms with van der Waals surface area (Å²) >= 11 is 0. The van der Waals surface area contributed by atoms with E-state index in [0.29, 0.717) is 11.6 Å². The molecule has 0 aliphatic rings. The van der Waals surface area contributed by atoms with Gasteiger partial charge < -0.3 is 15.2 Å². The van der Waals surface area contributed by atoms with Crippen LogP contribution in [0.1, 0.15) is 26.7 Å². The summed E-state index contributed by atoms with van der Waals surface area (Å²) in [6.07, 6.45) is 1.57. The first-order chi connectivity index (χ1) is 8.82. The number of nitrogens with zero attached hydrogens (tertiary/aromatic N) is 1. The van der Waals surface area contributed by atoms with Crippen molar-refractivity contribution in [2.75, 3.05) is 12.4 Å². The Labute approximate surface area is 111 Å². The second-order valence-electron chi connectivity index (χ2n) is 5.04.